The van der Waals surface area contributed by atoms with Crippen molar-refractivity contribution in [3.8, 4) is 5.75 Å². The van der Waals surface area contributed by atoms with Crippen molar-refractivity contribution in [3.63, 3.8) is 0 Å². The molecule has 2 aromatic rings. The highest BCUT2D eigenvalue weighted by atomic mass is 35.5. The summed E-state index contributed by atoms with van der Waals surface area (Å²) in [6.45, 7) is 5.40. The zero-order chi connectivity index (χ0) is 22.6. The van der Waals surface area contributed by atoms with Gasteiger partial charge in [0.25, 0.3) is 0 Å². The molecule has 0 aromatic heterocycles. The number of nitrogens with zero attached hydrogens (tertiary/aromatic N) is 1. The van der Waals surface area contributed by atoms with E-state index < -0.39 is 32.8 Å². The maximum atomic E-state index is 15.0. The van der Waals surface area contributed by atoms with Gasteiger partial charge in [0.05, 0.1) is 16.5 Å². The molecule has 0 fully saturated rings. The number of ether oxygens (including phenoxy) is 1. The van der Waals surface area contributed by atoms with Crippen molar-refractivity contribution < 1.29 is 21.9 Å². The number of fused-ring (bicyclic) bond motifs is 1. The Morgan fingerprint density at radius 1 is 1.00 bits per heavy atom. The van der Waals surface area contributed by atoms with E-state index in [0.29, 0.717) is 18.1 Å². The van der Waals surface area contributed by atoms with Crippen LogP contribution in [0, 0.1) is 11.6 Å². The monoisotopic (exact) mass is 471 g/mol. The minimum atomic E-state index is -4.06. The van der Waals surface area contributed by atoms with Crippen molar-refractivity contribution >= 4 is 21.4 Å². The van der Waals surface area contributed by atoms with Crippen LogP contribution in [0.4, 0.5) is 8.78 Å². The summed E-state index contributed by atoms with van der Waals surface area (Å²) in [5.41, 5.74) is -0.232. The Hall–Kier alpha value is -1.70. The summed E-state index contributed by atoms with van der Waals surface area (Å²) >= 11 is 5.94. The van der Waals surface area contributed by atoms with Crippen LogP contribution in [-0.4, -0.2) is 39.1 Å². The van der Waals surface area contributed by atoms with Gasteiger partial charge in [0, 0.05) is 5.02 Å². The molecule has 0 bridgehead atoms. The molecular formula is C23H28ClF2NO3S. The van der Waals surface area contributed by atoms with Crippen LogP contribution in [0.15, 0.2) is 41.3 Å². The fourth-order valence-corrected chi connectivity index (χ4v) is 6.13. The molecule has 31 heavy (non-hydrogen) atoms. The number of rotatable bonds is 9. The Bertz CT molecular complexity index is 991. The number of sulfone groups is 1. The van der Waals surface area contributed by atoms with E-state index in [-0.39, 0.29) is 22.8 Å². The van der Waals surface area contributed by atoms with E-state index in [1.165, 1.54) is 24.3 Å². The lowest BCUT2D eigenvalue weighted by Crippen LogP contribution is -2.49. The smallest absolute Gasteiger partial charge is 0.187 e. The summed E-state index contributed by atoms with van der Waals surface area (Å²) < 4.78 is 62.7. The number of halogens is 3. The summed E-state index contributed by atoms with van der Waals surface area (Å²) in [7, 11) is -4.06. The van der Waals surface area contributed by atoms with Crippen LogP contribution in [0.3, 0.4) is 0 Å². The number of hydrogen-bond donors (Lipinski definition) is 0. The SMILES string of the molecule is CCCCN(CCCC)[C@H]1COc2c(F)ccc(F)c2[C@@H]1S(=O)(=O)c1ccc(Cl)cc1. The molecular weight excluding hydrogens is 444 g/mol. The maximum Gasteiger partial charge on any atom is 0.187 e. The van der Waals surface area contributed by atoms with E-state index in [9.17, 15) is 12.8 Å². The summed E-state index contributed by atoms with van der Waals surface area (Å²) in [6.07, 6.45) is 3.60. The van der Waals surface area contributed by atoms with Crippen LogP contribution in [0.2, 0.25) is 5.02 Å². The van der Waals surface area contributed by atoms with Gasteiger partial charge < -0.3 is 4.74 Å². The molecule has 0 radical (unpaired) electrons. The Morgan fingerprint density at radius 2 is 1.58 bits per heavy atom. The van der Waals surface area contributed by atoms with Gasteiger partial charge in [-0.1, -0.05) is 38.3 Å². The van der Waals surface area contributed by atoms with E-state index in [0.717, 1.165) is 37.8 Å². The quantitative estimate of drug-likeness (QED) is 0.464. The predicted molar refractivity (Wildman–Crippen MR) is 118 cm³/mol. The zero-order valence-corrected chi connectivity index (χ0v) is 19.4. The first kappa shape index (κ1) is 24.0. The lowest BCUT2D eigenvalue weighted by molar-refractivity contribution is 0.106. The Balaban J connectivity index is 2.16. The van der Waals surface area contributed by atoms with E-state index in [1.807, 2.05) is 0 Å². The van der Waals surface area contributed by atoms with Crippen LogP contribution < -0.4 is 4.74 Å². The van der Waals surface area contributed by atoms with Crippen molar-refractivity contribution in [2.45, 2.75) is 55.7 Å². The molecule has 0 amide bonds. The molecule has 1 aliphatic rings. The molecule has 1 heterocycles. The van der Waals surface area contributed by atoms with Gasteiger partial charge in [0.1, 0.15) is 17.7 Å². The van der Waals surface area contributed by atoms with Crippen LogP contribution in [-0.2, 0) is 9.84 Å². The Labute approximate surface area is 188 Å². The molecule has 0 spiro atoms. The molecule has 0 saturated carbocycles. The molecule has 0 aliphatic carbocycles. The number of unbranched alkanes of at least 4 members (excludes halogenated alkanes) is 2. The summed E-state index contributed by atoms with van der Waals surface area (Å²) in [6, 6.07) is 7.07. The number of benzene rings is 2. The third-order valence-corrected chi connectivity index (χ3v) is 8.07. The lowest BCUT2D eigenvalue weighted by atomic mass is 9.99. The second-order valence-electron chi connectivity index (χ2n) is 7.81. The van der Waals surface area contributed by atoms with Gasteiger partial charge in [-0.3, -0.25) is 4.90 Å². The zero-order valence-electron chi connectivity index (χ0n) is 17.8. The van der Waals surface area contributed by atoms with E-state index in [1.54, 1.807) is 0 Å². The molecule has 3 rings (SSSR count). The third kappa shape index (κ3) is 5.04. The van der Waals surface area contributed by atoms with Crippen LogP contribution in [0.1, 0.15) is 50.3 Å². The van der Waals surface area contributed by atoms with Crippen LogP contribution >= 0.6 is 11.6 Å². The predicted octanol–water partition coefficient (Wildman–Crippen LogP) is 5.80. The second-order valence-corrected chi connectivity index (χ2v) is 10.3. The second kappa shape index (κ2) is 10.3. The molecule has 1 aliphatic heterocycles. The van der Waals surface area contributed by atoms with Crippen molar-refractivity contribution in [2.75, 3.05) is 19.7 Å². The molecule has 0 saturated heterocycles. The average Bonchev–Trinajstić information content (AvgIpc) is 2.76. The van der Waals surface area contributed by atoms with E-state index in [4.69, 9.17) is 16.3 Å². The van der Waals surface area contributed by atoms with E-state index in [2.05, 4.69) is 18.7 Å². The van der Waals surface area contributed by atoms with Crippen molar-refractivity contribution in [1.29, 1.82) is 0 Å². The standard InChI is InChI=1S/C23H28ClF2NO3S/c1-3-5-13-27(14-6-4-2)20-15-30-22-19(26)12-11-18(25)21(22)23(20)31(28,29)17-9-7-16(24)8-10-17/h7-12,20,23H,3-6,13-15H2,1-2H3/t20-,23+/m0/s1. The fourth-order valence-electron chi connectivity index (χ4n) is 4.00. The van der Waals surface area contributed by atoms with Gasteiger partial charge in [-0.05, 0) is 62.3 Å². The molecule has 8 heteroatoms. The van der Waals surface area contributed by atoms with Crippen molar-refractivity contribution in [3.05, 3.63) is 58.6 Å². The van der Waals surface area contributed by atoms with Gasteiger partial charge in [0.2, 0.25) is 0 Å². The minimum absolute atomic E-state index is 0.0225. The lowest BCUT2D eigenvalue weighted by Gasteiger charge is -2.40. The normalized spacial score (nSPS) is 18.6. The molecule has 0 N–H and O–H groups in total. The first-order chi connectivity index (χ1) is 14.8. The fraction of sp³-hybridized carbons (Fsp3) is 0.478. The van der Waals surface area contributed by atoms with Crippen LogP contribution in [0.5, 0.6) is 5.75 Å². The molecule has 0 unspecified atom stereocenters. The summed E-state index contributed by atoms with van der Waals surface area (Å²) in [5, 5.41) is -0.894. The average molecular weight is 472 g/mol. The highest BCUT2D eigenvalue weighted by Crippen LogP contribution is 2.44. The topological polar surface area (TPSA) is 46.6 Å². The highest BCUT2D eigenvalue weighted by molar-refractivity contribution is 7.91. The summed E-state index contributed by atoms with van der Waals surface area (Å²) in [5.74, 6) is -1.86. The van der Waals surface area contributed by atoms with Gasteiger partial charge in [0.15, 0.2) is 21.4 Å². The van der Waals surface area contributed by atoms with Crippen molar-refractivity contribution in [2.24, 2.45) is 0 Å². The highest BCUT2D eigenvalue weighted by Gasteiger charge is 2.46. The summed E-state index contributed by atoms with van der Waals surface area (Å²) in [4.78, 5) is 2.08. The van der Waals surface area contributed by atoms with Crippen LogP contribution in [0.25, 0.3) is 0 Å². The minimum Gasteiger partial charge on any atom is -0.488 e. The van der Waals surface area contributed by atoms with Gasteiger partial charge in [-0.15, -0.1) is 0 Å². The number of hydrogen-bond acceptors (Lipinski definition) is 4. The molecule has 170 valence electrons. The first-order valence-electron chi connectivity index (χ1n) is 10.7. The van der Waals surface area contributed by atoms with Gasteiger partial charge in [-0.2, -0.15) is 0 Å². The Kier molecular flexibility index (Phi) is 7.94. The van der Waals surface area contributed by atoms with Gasteiger partial charge in [-0.25, -0.2) is 17.2 Å². The van der Waals surface area contributed by atoms with Gasteiger partial charge >= 0.3 is 0 Å². The molecule has 2 atom stereocenters. The molecule has 4 nitrogen and oxygen atoms in total. The maximum absolute atomic E-state index is 15.0. The largest absolute Gasteiger partial charge is 0.488 e. The Morgan fingerprint density at radius 3 is 2.16 bits per heavy atom. The van der Waals surface area contributed by atoms with Crippen molar-refractivity contribution in [1.82, 2.24) is 4.90 Å². The third-order valence-electron chi connectivity index (χ3n) is 5.67. The first-order valence-corrected chi connectivity index (χ1v) is 12.6. The molecule has 2 aromatic carbocycles. The van der Waals surface area contributed by atoms with E-state index >= 15 is 4.39 Å².